The van der Waals surface area contributed by atoms with Crippen molar-refractivity contribution in [2.75, 3.05) is 0 Å². The number of pyridine rings is 2. The molecule has 4 aromatic rings. The molecule has 0 aliphatic heterocycles. The van der Waals surface area contributed by atoms with Crippen molar-refractivity contribution >= 4 is 22.1 Å². The van der Waals surface area contributed by atoms with Crippen LogP contribution < -0.4 is 0 Å². The van der Waals surface area contributed by atoms with Gasteiger partial charge in [-0.2, -0.15) is 0 Å². The van der Waals surface area contributed by atoms with E-state index in [4.69, 9.17) is 9.40 Å². The average molecular weight is 358 g/mol. The lowest BCUT2D eigenvalue weighted by Gasteiger charge is -2.10. The van der Waals surface area contributed by atoms with Gasteiger partial charge in [-0.05, 0) is 60.6 Å². The third kappa shape index (κ3) is 3.23. The maximum atomic E-state index is 6.29. The molecule has 0 amide bonds. The van der Waals surface area contributed by atoms with E-state index in [0.29, 0.717) is 11.8 Å². The Kier molecular flexibility index (Phi) is 4.47. The number of aryl methyl sites for hydroxylation is 1. The summed E-state index contributed by atoms with van der Waals surface area (Å²) in [5.74, 6) is 1.03. The predicted octanol–water partition coefficient (Wildman–Crippen LogP) is 6.67. The molecule has 0 atom stereocenters. The lowest BCUT2D eigenvalue weighted by Crippen LogP contribution is -1.96. The van der Waals surface area contributed by atoms with Crippen molar-refractivity contribution in [3.8, 4) is 11.3 Å². The van der Waals surface area contributed by atoms with E-state index >= 15 is 0 Å². The van der Waals surface area contributed by atoms with Crippen molar-refractivity contribution in [2.24, 2.45) is 5.92 Å². The molecule has 1 aromatic carbocycles. The number of fused-ring (bicyclic) bond motifs is 3. The maximum absolute atomic E-state index is 6.29. The van der Waals surface area contributed by atoms with E-state index in [1.807, 2.05) is 6.20 Å². The van der Waals surface area contributed by atoms with Gasteiger partial charge in [0.2, 0.25) is 5.71 Å². The van der Waals surface area contributed by atoms with Crippen LogP contribution in [0.1, 0.15) is 50.4 Å². The van der Waals surface area contributed by atoms with E-state index in [2.05, 4.69) is 76.0 Å². The third-order valence-corrected chi connectivity index (χ3v) is 5.10. The van der Waals surface area contributed by atoms with E-state index in [9.17, 15) is 0 Å². The molecular formula is C24H26N2O. The Morgan fingerprint density at radius 1 is 0.963 bits per heavy atom. The van der Waals surface area contributed by atoms with Crippen molar-refractivity contribution in [2.45, 2.75) is 47.0 Å². The van der Waals surface area contributed by atoms with E-state index in [1.54, 1.807) is 0 Å². The molecular weight excluding hydrogens is 332 g/mol. The maximum Gasteiger partial charge on any atom is 0.227 e. The van der Waals surface area contributed by atoms with Crippen LogP contribution in [0.2, 0.25) is 0 Å². The molecule has 0 aliphatic carbocycles. The van der Waals surface area contributed by atoms with Crippen LogP contribution in [0.4, 0.5) is 0 Å². The molecule has 0 bridgehead atoms. The third-order valence-electron chi connectivity index (χ3n) is 5.10. The summed E-state index contributed by atoms with van der Waals surface area (Å²) in [7, 11) is 0. The van der Waals surface area contributed by atoms with Gasteiger partial charge in [0.1, 0.15) is 5.58 Å². The van der Waals surface area contributed by atoms with Gasteiger partial charge in [0, 0.05) is 28.2 Å². The minimum Gasteiger partial charge on any atom is -0.437 e. The van der Waals surface area contributed by atoms with Gasteiger partial charge in [-0.1, -0.05) is 39.8 Å². The van der Waals surface area contributed by atoms with Crippen molar-refractivity contribution in [1.82, 2.24) is 9.97 Å². The number of rotatable bonds is 4. The lowest BCUT2D eigenvalue weighted by molar-refractivity contribution is 0.621. The van der Waals surface area contributed by atoms with Gasteiger partial charge in [0.05, 0.1) is 5.69 Å². The predicted molar refractivity (Wildman–Crippen MR) is 112 cm³/mol. The summed E-state index contributed by atoms with van der Waals surface area (Å²) in [4.78, 5) is 9.43. The molecule has 0 fully saturated rings. The summed E-state index contributed by atoms with van der Waals surface area (Å²) in [6.07, 6.45) is 2.85. The fourth-order valence-corrected chi connectivity index (χ4v) is 3.65. The Hall–Kier alpha value is -2.68. The van der Waals surface area contributed by atoms with Crippen molar-refractivity contribution < 1.29 is 4.42 Å². The van der Waals surface area contributed by atoms with Gasteiger partial charge >= 0.3 is 0 Å². The first-order valence-corrected chi connectivity index (χ1v) is 9.72. The van der Waals surface area contributed by atoms with Gasteiger partial charge in [-0.25, -0.2) is 4.98 Å². The molecule has 3 heteroatoms. The van der Waals surface area contributed by atoms with Gasteiger partial charge in [0.15, 0.2) is 0 Å². The first kappa shape index (κ1) is 17.7. The molecule has 0 unspecified atom stereocenters. The lowest BCUT2D eigenvalue weighted by atomic mass is 9.97. The summed E-state index contributed by atoms with van der Waals surface area (Å²) in [5, 5.41) is 2.17. The molecule has 0 aliphatic rings. The first-order chi connectivity index (χ1) is 12.9. The Morgan fingerprint density at radius 3 is 2.48 bits per heavy atom. The summed E-state index contributed by atoms with van der Waals surface area (Å²) in [6.45, 7) is 10.9. The molecule has 0 saturated heterocycles. The van der Waals surface area contributed by atoms with E-state index in [1.165, 1.54) is 5.56 Å². The first-order valence-electron chi connectivity index (χ1n) is 9.72. The molecule has 0 radical (unpaired) electrons. The average Bonchev–Trinajstić information content (AvgIpc) is 2.98. The smallest absolute Gasteiger partial charge is 0.227 e. The van der Waals surface area contributed by atoms with Crippen LogP contribution in [0.25, 0.3) is 33.3 Å². The summed E-state index contributed by atoms with van der Waals surface area (Å²) < 4.78 is 6.29. The number of benzene rings is 1. The van der Waals surface area contributed by atoms with Crippen LogP contribution in [0, 0.1) is 12.8 Å². The highest BCUT2D eigenvalue weighted by Crippen LogP contribution is 2.37. The number of furan rings is 1. The second-order valence-electron chi connectivity index (χ2n) is 8.12. The number of hydrogen-bond acceptors (Lipinski definition) is 3. The quantitative estimate of drug-likeness (QED) is 0.409. The second-order valence-corrected chi connectivity index (χ2v) is 8.12. The molecule has 0 spiro atoms. The molecule has 4 rings (SSSR count). The number of aromatic nitrogens is 2. The Bertz CT molecular complexity index is 1120. The molecule has 3 heterocycles. The van der Waals surface area contributed by atoms with Crippen LogP contribution in [0.5, 0.6) is 0 Å². The standard InChI is InChI=1S/C24H26N2O/c1-14(2)12-18-7-9-20-19-8-6-16(5)22(23(19)27-24(20)26-18)21-13-17(15(3)4)10-11-25-21/h6-11,13-15H,12H2,1-5H3. The van der Waals surface area contributed by atoms with E-state index < -0.39 is 0 Å². The van der Waals surface area contributed by atoms with Crippen molar-refractivity contribution in [3.63, 3.8) is 0 Å². The topological polar surface area (TPSA) is 38.9 Å². The van der Waals surface area contributed by atoms with Crippen molar-refractivity contribution in [1.29, 1.82) is 0 Å². The summed E-state index contributed by atoms with van der Waals surface area (Å²) >= 11 is 0. The molecule has 0 N–H and O–H groups in total. The number of nitrogens with zero attached hydrogens (tertiary/aromatic N) is 2. The van der Waals surface area contributed by atoms with Crippen LogP contribution in [0.15, 0.2) is 47.0 Å². The fourth-order valence-electron chi connectivity index (χ4n) is 3.65. The minimum absolute atomic E-state index is 0.460. The van der Waals surface area contributed by atoms with Crippen molar-refractivity contribution in [3.05, 3.63) is 59.4 Å². The molecule has 0 saturated carbocycles. The normalized spacial score (nSPS) is 12.0. The molecule has 3 aromatic heterocycles. The van der Waals surface area contributed by atoms with Gasteiger partial charge in [-0.15, -0.1) is 0 Å². The van der Waals surface area contributed by atoms with Gasteiger partial charge in [-0.3, -0.25) is 4.98 Å². The largest absolute Gasteiger partial charge is 0.437 e. The monoisotopic (exact) mass is 358 g/mol. The van der Waals surface area contributed by atoms with Crippen LogP contribution in [0.3, 0.4) is 0 Å². The highest BCUT2D eigenvalue weighted by Gasteiger charge is 2.17. The minimum atomic E-state index is 0.460. The van der Waals surface area contributed by atoms with Gasteiger partial charge < -0.3 is 4.42 Å². The van der Waals surface area contributed by atoms with Crippen LogP contribution in [-0.2, 0) is 6.42 Å². The molecule has 138 valence electrons. The van der Waals surface area contributed by atoms with Gasteiger partial charge in [0.25, 0.3) is 0 Å². The fraction of sp³-hybridized carbons (Fsp3) is 0.333. The van der Waals surface area contributed by atoms with E-state index in [0.717, 1.165) is 51.0 Å². The van der Waals surface area contributed by atoms with E-state index in [-0.39, 0.29) is 0 Å². The van der Waals surface area contributed by atoms with Crippen LogP contribution >= 0.6 is 0 Å². The zero-order chi connectivity index (χ0) is 19.1. The Morgan fingerprint density at radius 2 is 1.74 bits per heavy atom. The Balaban J connectivity index is 1.95. The molecule has 3 nitrogen and oxygen atoms in total. The highest BCUT2D eigenvalue weighted by atomic mass is 16.3. The molecule has 27 heavy (non-hydrogen) atoms. The Labute approximate surface area is 160 Å². The highest BCUT2D eigenvalue weighted by molar-refractivity contribution is 6.09. The second kappa shape index (κ2) is 6.80. The number of hydrogen-bond donors (Lipinski definition) is 0. The van der Waals surface area contributed by atoms with Crippen LogP contribution in [-0.4, -0.2) is 9.97 Å². The summed E-state index contributed by atoms with van der Waals surface area (Å²) in [5.41, 5.74) is 7.16. The SMILES string of the molecule is Cc1ccc2c(oc3nc(CC(C)C)ccc32)c1-c1cc(C(C)C)ccn1. The zero-order valence-electron chi connectivity index (χ0n) is 16.7. The zero-order valence-corrected chi connectivity index (χ0v) is 16.7. The summed E-state index contributed by atoms with van der Waals surface area (Å²) in [6, 6.07) is 12.8.